The van der Waals surface area contributed by atoms with Crippen LogP contribution in [-0.4, -0.2) is 18.5 Å². The highest BCUT2D eigenvalue weighted by Crippen LogP contribution is 2.57. The van der Waals surface area contributed by atoms with Gasteiger partial charge in [0.25, 0.3) is 0 Å². The van der Waals surface area contributed by atoms with Crippen molar-refractivity contribution in [1.29, 1.82) is 0 Å². The fourth-order valence-corrected chi connectivity index (χ4v) is 4.24. The van der Waals surface area contributed by atoms with E-state index in [1.165, 1.54) is 5.57 Å². The molecule has 0 aliphatic heterocycles. The first-order valence-corrected chi connectivity index (χ1v) is 7.70. The molecule has 20 heavy (non-hydrogen) atoms. The first-order valence-electron chi connectivity index (χ1n) is 7.70. The van der Waals surface area contributed by atoms with Crippen LogP contribution in [0, 0.1) is 23.2 Å². The molecule has 2 nitrogen and oxygen atoms in total. The maximum atomic E-state index is 13.0. The van der Waals surface area contributed by atoms with Crippen molar-refractivity contribution in [3.63, 3.8) is 0 Å². The number of ketones is 1. The van der Waals surface area contributed by atoms with Crippen molar-refractivity contribution in [1.82, 2.24) is 0 Å². The van der Waals surface area contributed by atoms with Gasteiger partial charge in [0, 0.05) is 18.9 Å². The second-order valence-corrected chi connectivity index (χ2v) is 7.34. The van der Waals surface area contributed by atoms with E-state index in [4.69, 9.17) is 4.74 Å². The summed E-state index contributed by atoms with van der Waals surface area (Å²) in [6.45, 7) is 12.5. The van der Waals surface area contributed by atoms with Crippen LogP contribution in [0.4, 0.5) is 0 Å². The Bertz CT molecular complexity index is 448. The Balaban J connectivity index is 2.48. The summed E-state index contributed by atoms with van der Waals surface area (Å²) in [6, 6.07) is 0. The van der Waals surface area contributed by atoms with Crippen LogP contribution >= 0.6 is 0 Å². The number of carbonyl (C=O) groups excluding carboxylic acids is 1. The average Bonchev–Trinajstić information content (AvgIpc) is 2.37. The third kappa shape index (κ3) is 2.18. The second-order valence-electron chi connectivity index (χ2n) is 7.34. The second kappa shape index (κ2) is 5.14. The van der Waals surface area contributed by atoms with E-state index in [0.29, 0.717) is 11.7 Å². The molecule has 1 fully saturated rings. The Morgan fingerprint density at radius 3 is 2.65 bits per heavy atom. The van der Waals surface area contributed by atoms with Gasteiger partial charge in [-0.2, -0.15) is 0 Å². The summed E-state index contributed by atoms with van der Waals surface area (Å²) < 4.78 is 5.82. The molecule has 0 N–H and O–H groups in total. The van der Waals surface area contributed by atoms with Crippen LogP contribution < -0.4 is 0 Å². The Kier molecular flexibility index (Phi) is 3.98. The summed E-state index contributed by atoms with van der Waals surface area (Å²) in [5.74, 6) is 1.20. The van der Waals surface area contributed by atoms with Crippen molar-refractivity contribution in [2.75, 3.05) is 7.11 Å². The zero-order valence-electron chi connectivity index (χ0n) is 13.5. The number of fused-ring (bicyclic) bond motifs is 2. The van der Waals surface area contributed by atoms with Gasteiger partial charge in [0.15, 0.2) is 0 Å². The fraction of sp³-hybridized carbons (Fsp3) is 0.722. The molecule has 0 saturated heterocycles. The summed E-state index contributed by atoms with van der Waals surface area (Å²) in [4.78, 5) is 13.0. The van der Waals surface area contributed by atoms with E-state index in [-0.39, 0.29) is 22.9 Å². The van der Waals surface area contributed by atoms with Crippen LogP contribution in [-0.2, 0) is 9.53 Å². The van der Waals surface area contributed by atoms with Gasteiger partial charge in [-0.1, -0.05) is 31.6 Å². The largest absolute Gasteiger partial charge is 0.378 e. The normalized spacial score (nSPS) is 40.1. The molecule has 2 heteroatoms. The van der Waals surface area contributed by atoms with Gasteiger partial charge < -0.3 is 4.74 Å². The smallest absolute Gasteiger partial charge is 0.146 e. The standard InChI is InChI=1S/C18H28O2/c1-7-8-14-15-10-13(9-12(2)3)17(4,16(14)19)11-18(15,5)20-6/h7,10,12,14-15H,1,8-9,11H2,2-6H3/t14-,15+,17-,18+/m0/s1. The Morgan fingerprint density at radius 2 is 2.15 bits per heavy atom. The zero-order chi connectivity index (χ0) is 15.1. The van der Waals surface area contributed by atoms with E-state index < -0.39 is 0 Å². The Labute approximate surface area is 123 Å². The Hall–Kier alpha value is -0.890. The minimum Gasteiger partial charge on any atom is -0.378 e. The molecule has 2 bridgehead atoms. The molecule has 0 aromatic rings. The summed E-state index contributed by atoms with van der Waals surface area (Å²) >= 11 is 0. The molecule has 1 saturated carbocycles. The molecule has 112 valence electrons. The number of allylic oxidation sites excluding steroid dienone is 2. The van der Waals surface area contributed by atoms with E-state index >= 15 is 0 Å². The van der Waals surface area contributed by atoms with Crippen LogP contribution in [0.2, 0.25) is 0 Å². The predicted molar refractivity (Wildman–Crippen MR) is 82.5 cm³/mol. The van der Waals surface area contributed by atoms with Gasteiger partial charge in [0.05, 0.1) is 11.0 Å². The van der Waals surface area contributed by atoms with Crippen molar-refractivity contribution < 1.29 is 9.53 Å². The summed E-state index contributed by atoms with van der Waals surface area (Å²) in [5.41, 5.74) is 0.756. The SMILES string of the molecule is C=CC[C@@H]1C(=O)[C@@]2(C)C[C@@](C)(OC)[C@@H]1C=C2CC(C)C. The molecule has 0 amide bonds. The average molecular weight is 276 g/mol. The molecule has 3 aliphatic carbocycles. The van der Waals surface area contributed by atoms with Crippen LogP contribution in [0.1, 0.15) is 47.0 Å². The van der Waals surface area contributed by atoms with Crippen molar-refractivity contribution in [2.45, 2.75) is 52.6 Å². The molecule has 0 spiro atoms. The molecule has 0 aromatic heterocycles. The first kappa shape index (κ1) is 15.5. The minimum atomic E-state index is -0.350. The molecule has 0 unspecified atom stereocenters. The third-order valence-electron chi connectivity index (χ3n) is 5.33. The molecular weight excluding hydrogens is 248 g/mol. The van der Waals surface area contributed by atoms with Gasteiger partial charge in [-0.15, -0.1) is 6.58 Å². The van der Waals surface area contributed by atoms with Crippen LogP contribution in [0.15, 0.2) is 24.3 Å². The number of rotatable bonds is 5. The van der Waals surface area contributed by atoms with Crippen molar-refractivity contribution in [3.8, 4) is 0 Å². The van der Waals surface area contributed by atoms with E-state index in [1.54, 1.807) is 7.11 Å². The van der Waals surface area contributed by atoms with Gasteiger partial charge in [-0.05, 0) is 39.0 Å². The Morgan fingerprint density at radius 1 is 1.50 bits per heavy atom. The van der Waals surface area contributed by atoms with Gasteiger partial charge in [0.2, 0.25) is 0 Å². The fourth-order valence-electron chi connectivity index (χ4n) is 4.24. The lowest BCUT2D eigenvalue weighted by molar-refractivity contribution is -0.158. The van der Waals surface area contributed by atoms with E-state index in [9.17, 15) is 4.79 Å². The molecule has 0 heterocycles. The number of carbonyl (C=O) groups is 1. The highest BCUT2D eigenvalue weighted by molar-refractivity contribution is 5.93. The molecule has 4 atom stereocenters. The highest BCUT2D eigenvalue weighted by atomic mass is 16.5. The molecule has 0 aromatic carbocycles. The number of ether oxygens (including phenoxy) is 1. The molecule has 3 rings (SSSR count). The maximum absolute atomic E-state index is 13.0. The minimum absolute atomic E-state index is 0.0344. The number of methoxy groups -OCH3 is 1. The van der Waals surface area contributed by atoms with Crippen molar-refractivity contribution in [2.24, 2.45) is 23.2 Å². The van der Waals surface area contributed by atoms with Crippen molar-refractivity contribution in [3.05, 3.63) is 24.3 Å². The monoisotopic (exact) mass is 276 g/mol. The number of hydrogen-bond donors (Lipinski definition) is 0. The van der Waals surface area contributed by atoms with E-state index in [1.807, 2.05) is 6.08 Å². The third-order valence-corrected chi connectivity index (χ3v) is 5.33. The lowest BCUT2D eigenvalue weighted by Gasteiger charge is -2.56. The number of hydrogen-bond acceptors (Lipinski definition) is 2. The lowest BCUT2D eigenvalue weighted by atomic mass is 9.50. The summed E-state index contributed by atoms with van der Waals surface area (Å²) in [5, 5.41) is 0. The van der Waals surface area contributed by atoms with Crippen LogP contribution in [0.5, 0.6) is 0 Å². The zero-order valence-corrected chi connectivity index (χ0v) is 13.5. The van der Waals surface area contributed by atoms with Crippen LogP contribution in [0.3, 0.4) is 0 Å². The molecular formula is C18H28O2. The van der Waals surface area contributed by atoms with Crippen LogP contribution in [0.25, 0.3) is 0 Å². The van der Waals surface area contributed by atoms with Gasteiger partial charge in [-0.25, -0.2) is 0 Å². The lowest BCUT2D eigenvalue weighted by Crippen LogP contribution is -2.59. The molecule has 3 aliphatic rings. The first-order chi connectivity index (χ1) is 9.28. The molecule has 0 radical (unpaired) electrons. The van der Waals surface area contributed by atoms with Gasteiger partial charge in [0.1, 0.15) is 5.78 Å². The number of Topliss-reactive ketones (excluding diaryl/α,β-unsaturated/α-hetero) is 1. The summed E-state index contributed by atoms with van der Waals surface area (Å²) in [7, 11) is 1.77. The summed E-state index contributed by atoms with van der Waals surface area (Å²) in [6.07, 6.45) is 6.80. The van der Waals surface area contributed by atoms with E-state index in [2.05, 4.69) is 40.3 Å². The maximum Gasteiger partial charge on any atom is 0.146 e. The predicted octanol–water partition coefficient (Wildman–Crippen LogP) is 4.17. The quantitative estimate of drug-likeness (QED) is 0.705. The van der Waals surface area contributed by atoms with Crippen molar-refractivity contribution >= 4 is 5.78 Å². The van der Waals surface area contributed by atoms with E-state index in [0.717, 1.165) is 19.3 Å². The topological polar surface area (TPSA) is 26.3 Å². The highest BCUT2D eigenvalue weighted by Gasteiger charge is 2.59. The van der Waals surface area contributed by atoms with Gasteiger partial charge in [-0.3, -0.25) is 4.79 Å². The van der Waals surface area contributed by atoms with Gasteiger partial charge >= 0.3 is 0 Å².